The molecule has 0 aliphatic carbocycles. The van der Waals surface area contributed by atoms with Crippen molar-refractivity contribution in [3.8, 4) is 5.75 Å². The molecule has 176 valence electrons. The van der Waals surface area contributed by atoms with Crippen molar-refractivity contribution in [3.05, 3.63) is 59.7 Å². The molecule has 7 nitrogen and oxygen atoms in total. The van der Waals surface area contributed by atoms with Crippen LogP contribution in [0.25, 0.3) is 0 Å². The number of benzene rings is 2. The third kappa shape index (κ3) is 5.78. The summed E-state index contributed by atoms with van der Waals surface area (Å²) in [5.41, 5.74) is 3.52. The van der Waals surface area contributed by atoms with Crippen LogP contribution < -0.4 is 10.2 Å². The van der Waals surface area contributed by atoms with Crippen LogP contribution in [0.5, 0.6) is 5.75 Å². The quantitative estimate of drug-likeness (QED) is 0.403. The van der Waals surface area contributed by atoms with Crippen LogP contribution in [0.3, 0.4) is 0 Å². The monoisotopic (exact) mass is 449 g/mol. The lowest BCUT2D eigenvalue weighted by atomic mass is 9.99. The van der Waals surface area contributed by atoms with Gasteiger partial charge in [-0.1, -0.05) is 36.4 Å². The lowest BCUT2D eigenvalue weighted by molar-refractivity contribution is -0.132. The predicted octanol–water partition coefficient (Wildman–Crippen LogP) is 2.84. The van der Waals surface area contributed by atoms with Gasteiger partial charge in [0.05, 0.1) is 5.69 Å². The van der Waals surface area contributed by atoms with E-state index in [1.807, 2.05) is 29.2 Å². The van der Waals surface area contributed by atoms with Crippen LogP contribution in [0.2, 0.25) is 0 Å². The van der Waals surface area contributed by atoms with Crippen LogP contribution in [0.4, 0.5) is 5.69 Å². The molecule has 0 bridgehead atoms. The molecule has 0 unspecified atom stereocenters. The Balaban J connectivity index is 1.25. The third-order valence-corrected chi connectivity index (χ3v) is 6.43. The number of guanidine groups is 1. The Morgan fingerprint density at radius 1 is 0.970 bits per heavy atom. The van der Waals surface area contributed by atoms with Gasteiger partial charge in [-0.3, -0.25) is 9.79 Å². The first-order valence-electron chi connectivity index (χ1n) is 12.1. The Morgan fingerprint density at radius 3 is 2.45 bits per heavy atom. The Labute approximate surface area is 196 Å². The number of anilines is 1. The summed E-state index contributed by atoms with van der Waals surface area (Å²) in [5.74, 6) is 1.46. The first-order chi connectivity index (χ1) is 16.2. The van der Waals surface area contributed by atoms with Crippen LogP contribution in [0.15, 0.2) is 53.5 Å². The molecule has 0 aromatic heterocycles. The third-order valence-electron chi connectivity index (χ3n) is 6.43. The maximum atomic E-state index is 12.7. The zero-order valence-corrected chi connectivity index (χ0v) is 19.5. The number of phenols is 1. The summed E-state index contributed by atoms with van der Waals surface area (Å²) in [6, 6.07) is 15.9. The fraction of sp³-hybridized carbons (Fsp3) is 0.462. The Morgan fingerprint density at radius 2 is 1.70 bits per heavy atom. The molecule has 0 saturated carbocycles. The standard InChI is InChI=1S/C26H35N5O2/c1-2-27-26(30-18-16-29(17-19-30)23-10-5-6-11-24(23)32)28-14-7-12-25(33)31-15-13-21-8-3-4-9-22(21)20-31/h3-6,8-11,32H,2,7,12-20H2,1H3,(H,27,28). The maximum absolute atomic E-state index is 12.7. The lowest BCUT2D eigenvalue weighted by Crippen LogP contribution is -2.52. The normalized spacial score (nSPS) is 16.5. The number of fused-ring (bicyclic) bond motifs is 1. The summed E-state index contributed by atoms with van der Waals surface area (Å²) in [4.78, 5) is 24.0. The fourth-order valence-corrected chi connectivity index (χ4v) is 4.60. The summed E-state index contributed by atoms with van der Waals surface area (Å²) in [7, 11) is 0. The number of phenolic OH excluding ortho intramolecular Hbond substituents is 1. The van der Waals surface area contributed by atoms with Gasteiger partial charge in [0.25, 0.3) is 0 Å². The van der Waals surface area contributed by atoms with Gasteiger partial charge >= 0.3 is 0 Å². The summed E-state index contributed by atoms with van der Waals surface area (Å²) in [6.07, 6.45) is 2.23. The van der Waals surface area contributed by atoms with Crippen LogP contribution in [0, 0.1) is 0 Å². The van der Waals surface area contributed by atoms with Gasteiger partial charge in [-0.05, 0) is 43.0 Å². The van der Waals surface area contributed by atoms with Gasteiger partial charge in [0.2, 0.25) is 5.91 Å². The van der Waals surface area contributed by atoms with Crippen molar-refractivity contribution in [3.63, 3.8) is 0 Å². The van der Waals surface area contributed by atoms with E-state index in [1.165, 1.54) is 11.1 Å². The van der Waals surface area contributed by atoms with Gasteiger partial charge in [-0.2, -0.15) is 0 Å². The summed E-state index contributed by atoms with van der Waals surface area (Å²) in [5, 5.41) is 13.5. The number of rotatable bonds is 6. The Hall–Kier alpha value is -3.22. The van der Waals surface area contributed by atoms with E-state index in [0.29, 0.717) is 18.7 Å². The number of aromatic hydroxyl groups is 1. The average Bonchev–Trinajstić information content (AvgIpc) is 2.86. The highest BCUT2D eigenvalue weighted by Gasteiger charge is 2.22. The first-order valence-corrected chi connectivity index (χ1v) is 12.1. The van der Waals surface area contributed by atoms with E-state index in [1.54, 1.807) is 6.07 Å². The molecule has 1 saturated heterocycles. The molecule has 2 aliphatic heterocycles. The van der Waals surface area contributed by atoms with Crippen molar-refractivity contribution in [2.75, 3.05) is 50.7 Å². The molecule has 2 N–H and O–H groups in total. The van der Waals surface area contributed by atoms with Crippen LogP contribution in [0.1, 0.15) is 30.9 Å². The number of nitrogens with one attached hydrogen (secondary N) is 1. The number of carbonyl (C=O) groups excluding carboxylic acids is 1. The highest BCUT2D eigenvalue weighted by Crippen LogP contribution is 2.27. The molecule has 2 aromatic carbocycles. The van der Waals surface area contributed by atoms with E-state index in [0.717, 1.165) is 70.3 Å². The minimum atomic E-state index is 0.223. The molecule has 1 amide bonds. The highest BCUT2D eigenvalue weighted by atomic mass is 16.3. The molecule has 0 spiro atoms. The molecule has 2 aliphatic rings. The summed E-state index contributed by atoms with van der Waals surface area (Å²) in [6.45, 7) is 8.39. The maximum Gasteiger partial charge on any atom is 0.222 e. The topological polar surface area (TPSA) is 71.4 Å². The van der Waals surface area contributed by atoms with Crippen LogP contribution in [-0.4, -0.2) is 72.6 Å². The van der Waals surface area contributed by atoms with Crippen molar-refractivity contribution in [1.82, 2.24) is 15.1 Å². The molecule has 4 rings (SSSR count). The summed E-state index contributed by atoms with van der Waals surface area (Å²) >= 11 is 0. The van der Waals surface area contributed by atoms with Gasteiger partial charge in [0.1, 0.15) is 5.75 Å². The Bertz CT molecular complexity index is 969. The van der Waals surface area contributed by atoms with E-state index in [4.69, 9.17) is 4.99 Å². The fourth-order valence-electron chi connectivity index (χ4n) is 4.60. The second-order valence-electron chi connectivity index (χ2n) is 8.64. The van der Waals surface area contributed by atoms with Gasteiger partial charge < -0.3 is 25.1 Å². The number of hydrogen-bond donors (Lipinski definition) is 2. The van der Waals surface area contributed by atoms with E-state index in [9.17, 15) is 9.90 Å². The van der Waals surface area contributed by atoms with Crippen molar-refractivity contribution >= 4 is 17.6 Å². The molecular formula is C26H35N5O2. The van der Waals surface area contributed by atoms with E-state index in [2.05, 4.69) is 40.2 Å². The highest BCUT2D eigenvalue weighted by molar-refractivity contribution is 5.80. The molecule has 2 heterocycles. The number of para-hydroxylation sites is 2. The van der Waals surface area contributed by atoms with E-state index >= 15 is 0 Å². The van der Waals surface area contributed by atoms with Crippen LogP contribution >= 0.6 is 0 Å². The number of nitrogens with zero attached hydrogens (tertiary/aromatic N) is 4. The smallest absolute Gasteiger partial charge is 0.222 e. The molecular weight excluding hydrogens is 414 g/mol. The van der Waals surface area contributed by atoms with Crippen molar-refractivity contribution < 1.29 is 9.90 Å². The zero-order valence-electron chi connectivity index (χ0n) is 19.5. The molecule has 0 radical (unpaired) electrons. The largest absolute Gasteiger partial charge is 0.506 e. The van der Waals surface area contributed by atoms with Gasteiger partial charge in [0.15, 0.2) is 5.96 Å². The molecule has 7 heteroatoms. The molecule has 33 heavy (non-hydrogen) atoms. The molecule has 2 aromatic rings. The zero-order chi connectivity index (χ0) is 23.0. The lowest BCUT2D eigenvalue weighted by Gasteiger charge is -2.37. The average molecular weight is 450 g/mol. The minimum Gasteiger partial charge on any atom is -0.506 e. The van der Waals surface area contributed by atoms with E-state index in [-0.39, 0.29) is 5.91 Å². The summed E-state index contributed by atoms with van der Waals surface area (Å²) < 4.78 is 0. The molecule has 0 atom stereocenters. The Kier molecular flexibility index (Phi) is 7.70. The van der Waals surface area contributed by atoms with Crippen LogP contribution in [-0.2, 0) is 17.8 Å². The SMILES string of the molecule is CCNC(=NCCCC(=O)N1CCc2ccccc2C1)N1CCN(c2ccccc2O)CC1. The second kappa shape index (κ2) is 11.1. The predicted molar refractivity (Wildman–Crippen MR) is 133 cm³/mol. The van der Waals surface area contributed by atoms with Crippen molar-refractivity contribution in [2.45, 2.75) is 32.7 Å². The molecule has 1 fully saturated rings. The van der Waals surface area contributed by atoms with Crippen molar-refractivity contribution in [2.24, 2.45) is 4.99 Å². The van der Waals surface area contributed by atoms with Gasteiger partial charge in [0, 0.05) is 58.8 Å². The number of hydrogen-bond acceptors (Lipinski definition) is 4. The van der Waals surface area contributed by atoms with Crippen molar-refractivity contribution in [1.29, 1.82) is 0 Å². The number of piperazine rings is 1. The first kappa shape index (κ1) is 23.0. The number of aliphatic imine (C=N–C) groups is 1. The van der Waals surface area contributed by atoms with Gasteiger partial charge in [-0.15, -0.1) is 0 Å². The second-order valence-corrected chi connectivity index (χ2v) is 8.64. The van der Waals surface area contributed by atoms with Gasteiger partial charge in [-0.25, -0.2) is 0 Å². The van der Waals surface area contributed by atoms with E-state index < -0.39 is 0 Å². The number of amides is 1. The minimum absolute atomic E-state index is 0.223. The number of carbonyl (C=O) groups is 1.